The topological polar surface area (TPSA) is 95.6 Å². The maximum Gasteiger partial charge on any atom is 0.410 e. The zero-order chi connectivity index (χ0) is 20.6. The third-order valence-electron chi connectivity index (χ3n) is 5.73. The molecule has 0 saturated carbocycles. The Hall–Kier alpha value is -3.16. The predicted octanol–water partition coefficient (Wildman–Crippen LogP) is 1.21. The number of aryl methyl sites for hydroxylation is 2. The molecule has 152 valence electrons. The van der Waals surface area contributed by atoms with Crippen LogP contribution in [-0.2, 0) is 22.4 Å². The van der Waals surface area contributed by atoms with Crippen molar-refractivity contribution in [1.29, 1.82) is 0 Å². The van der Waals surface area contributed by atoms with Gasteiger partial charge in [0.05, 0.1) is 6.42 Å². The average molecular weight is 396 g/mol. The standard InChI is InChI=1S/C21H24N4O4/c1-14-17(19(27)23-15(2)22-14)10-18(26)24-8-9-25-20(28)29-13-21(25,12-24)11-16-6-4-3-5-7-16/h3-7H,8-13H2,1-2H3,(H,22,23,27). The Bertz CT molecular complexity index is 1000. The van der Waals surface area contributed by atoms with Gasteiger partial charge in [-0.25, -0.2) is 9.78 Å². The number of cyclic esters (lactones) is 1. The number of hydrogen-bond donors (Lipinski definition) is 1. The van der Waals surface area contributed by atoms with Gasteiger partial charge in [-0.1, -0.05) is 30.3 Å². The van der Waals surface area contributed by atoms with Crippen molar-refractivity contribution in [3.05, 3.63) is 63.3 Å². The second-order valence-corrected chi connectivity index (χ2v) is 7.80. The van der Waals surface area contributed by atoms with E-state index in [2.05, 4.69) is 9.97 Å². The first kappa shape index (κ1) is 19.2. The quantitative estimate of drug-likeness (QED) is 0.838. The van der Waals surface area contributed by atoms with E-state index >= 15 is 0 Å². The zero-order valence-corrected chi connectivity index (χ0v) is 16.6. The molecule has 2 amide bonds. The van der Waals surface area contributed by atoms with Gasteiger partial charge in [0.2, 0.25) is 5.91 Å². The highest BCUT2D eigenvalue weighted by Gasteiger charge is 2.51. The summed E-state index contributed by atoms with van der Waals surface area (Å²) in [5.74, 6) is 0.386. The van der Waals surface area contributed by atoms with Crippen molar-refractivity contribution in [2.24, 2.45) is 0 Å². The molecule has 1 aromatic carbocycles. The van der Waals surface area contributed by atoms with Crippen LogP contribution < -0.4 is 5.56 Å². The van der Waals surface area contributed by atoms with Crippen LogP contribution in [0.15, 0.2) is 35.1 Å². The summed E-state index contributed by atoms with van der Waals surface area (Å²) < 4.78 is 5.36. The molecule has 2 aromatic rings. The number of ether oxygens (including phenoxy) is 1. The number of piperazine rings is 1. The zero-order valence-electron chi connectivity index (χ0n) is 16.6. The Balaban J connectivity index is 1.56. The molecule has 1 atom stereocenters. The summed E-state index contributed by atoms with van der Waals surface area (Å²) >= 11 is 0. The largest absolute Gasteiger partial charge is 0.447 e. The van der Waals surface area contributed by atoms with Crippen LogP contribution in [0.25, 0.3) is 0 Å². The summed E-state index contributed by atoms with van der Waals surface area (Å²) in [7, 11) is 0. The van der Waals surface area contributed by atoms with Crippen LogP contribution in [0.1, 0.15) is 22.6 Å². The fourth-order valence-electron chi connectivity index (χ4n) is 4.27. The molecule has 3 heterocycles. The highest BCUT2D eigenvalue weighted by molar-refractivity contribution is 5.80. The molecule has 1 unspecified atom stereocenters. The predicted molar refractivity (Wildman–Crippen MR) is 106 cm³/mol. The molecule has 0 bridgehead atoms. The van der Waals surface area contributed by atoms with E-state index in [9.17, 15) is 14.4 Å². The van der Waals surface area contributed by atoms with Crippen LogP contribution in [0, 0.1) is 13.8 Å². The summed E-state index contributed by atoms with van der Waals surface area (Å²) in [6, 6.07) is 9.88. The third-order valence-corrected chi connectivity index (χ3v) is 5.73. The first-order chi connectivity index (χ1) is 13.9. The van der Waals surface area contributed by atoms with Gasteiger partial charge in [-0.05, 0) is 19.4 Å². The summed E-state index contributed by atoms with van der Waals surface area (Å²) in [6.45, 7) is 4.91. The van der Waals surface area contributed by atoms with Crippen molar-refractivity contribution in [1.82, 2.24) is 19.8 Å². The van der Waals surface area contributed by atoms with E-state index in [0.717, 1.165) is 5.56 Å². The highest BCUT2D eigenvalue weighted by atomic mass is 16.6. The van der Waals surface area contributed by atoms with Crippen molar-refractivity contribution in [3.63, 3.8) is 0 Å². The Morgan fingerprint density at radius 2 is 1.97 bits per heavy atom. The van der Waals surface area contributed by atoms with Crippen LogP contribution in [0.4, 0.5) is 4.79 Å². The lowest BCUT2D eigenvalue weighted by molar-refractivity contribution is -0.134. The lowest BCUT2D eigenvalue weighted by Crippen LogP contribution is -2.63. The van der Waals surface area contributed by atoms with Crippen LogP contribution in [0.3, 0.4) is 0 Å². The van der Waals surface area contributed by atoms with Crippen LogP contribution >= 0.6 is 0 Å². The number of amides is 2. The Kier molecular flexibility index (Phi) is 4.86. The van der Waals surface area contributed by atoms with Crippen molar-refractivity contribution in [2.75, 3.05) is 26.2 Å². The van der Waals surface area contributed by atoms with Gasteiger partial charge >= 0.3 is 6.09 Å². The number of carbonyl (C=O) groups is 2. The molecular weight excluding hydrogens is 372 g/mol. The minimum atomic E-state index is -0.584. The number of hydrogen-bond acceptors (Lipinski definition) is 5. The molecule has 8 nitrogen and oxygen atoms in total. The number of carbonyl (C=O) groups excluding carboxylic acids is 2. The molecule has 0 spiro atoms. The molecule has 1 N–H and O–H groups in total. The average Bonchev–Trinajstić information content (AvgIpc) is 3.01. The van der Waals surface area contributed by atoms with Crippen LogP contribution in [0.2, 0.25) is 0 Å². The van der Waals surface area contributed by atoms with Gasteiger partial charge in [-0.3, -0.25) is 14.5 Å². The van der Waals surface area contributed by atoms with E-state index in [1.54, 1.807) is 23.6 Å². The van der Waals surface area contributed by atoms with Crippen molar-refractivity contribution < 1.29 is 14.3 Å². The minimum absolute atomic E-state index is 0.00926. The van der Waals surface area contributed by atoms with Gasteiger partial charge in [-0.2, -0.15) is 0 Å². The fraction of sp³-hybridized carbons (Fsp3) is 0.429. The number of rotatable bonds is 4. The number of aromatic amines is 1. The maximum atomic E-state index is 13.0. The minimum Gasteiger partial charge on any atom is -0.447 e. The third kappa shape index (κ3) is 3.62. The number of nitrogens with zero attached hydrogens (tertiary/aromatic N) is 3. The Labute approximate surface area is 168 Å². The van der Waals surface area contributed by atoms with Gasteiger partial charge in [0.1, 0.15) is 18.0 Å². The number of nitrogens with one attached hydrogen (secondary N) is 1. The van der Waals surface area contributed by atoms with Crippen LogP contribution in [-0.4, -0.2) is 63.5 Å². The van der Waals surface area contributed by atoms with Crippen molar-refractivity contribution in [3.8, 4) is 0 Å². The van der Waals surface area contributed by atoms with E-state index in [1.165, 1.54) is 0 Å². The van der Waals surface area contributed by atoms with Crippen molar-refractivity contribution in [2.45, 2.75) is 32.2 Å². The van der Waals surface area contributed by atoms with E-state index in [0.29, 0.717) is 43.1 Å². The first-order valence-corrected chi connectivity index (χ1v) is 9.70. The molecule has 0 radical (unpaired) electrons. The Morgan fingerprint density at radius 1 is 1.21 bits per heavy atom. The summed E-state index contributed by atoms with van der Waals surface area (Å²) in [5, 5.41) is 0. The molecular formula is C21H24N4O4. The lowest BCUT2D eigenvalue weighted by atomic mass is 9.88. The lowest BCUT2D eigenvalue weighted by Gasteiger charge is -2.44. The van der Waals surface area contributed by atoms with E-state index < -0.39 is 5.54 Å². The summed E-state index contributed by atoms with van der Waals surface area (Å²) in [4.78, 5) is 47.9. The molecule has 0 aliphatic carbocycles. The summed E-state index contributed by atoms with van der Waals surface area (Å²) in [6.07, 6.45) is 0.266. The molecule has 1 aromatic heterocycles. The SMILES string of the molecule is Cc1nc(C)c(CC(=O)N2CCN3C(=O)OCC3(Cc3ccccc3)C2)c(=O)[nH]1. The van der Waals surface area contributed by atoms with Gasteiger partial charge in [-0.15, -0.1) is 0 Å². The summed E-state index contributed by atoms with van der Waals surface area (Å²) in [5.41, 5.74) is 1.18. The first-order valence-electron chi connectivity index (χ1n) is 9.70. The van der Waals surface area contributed by atoms with Gasteiger partial charge in [0.15, 0.2) is 0 Å². The van der Waals surface area contributed by atoms with Gasteiger partial charge in [0.25, 0.3) is 5.56 Å². The molecule has 2 saturated heterocycles. The molecule has 2 aliphatic heterocycles. The molecule has 29 heavy (non-hydrogen) atoms. The molecule has 4 rings (SSSR count). The second kappa shape index (κ2) is 7.35. The monoisotopic (exact) mass is 396 g/mol. The normalized spacial score (nSPS) is 21.1. The van der Waals surface area contributed by atoms with E-state index in [1.807, 2.05) is 30.3 Å². The fourth-order valence-corrected chi connectivity index (χ4v) is 4.27. The maximum absolute atomic E-state index is 13.0. The molecule has 2 fully saturated rings. The smallest absolute Gasteiger partial charge is 0.410 e. The number of H-pyrrole nitrogens is 1. The highest BCUT2D eigenvalue weighted by Crippen LogP contribution is 2.32. The van der Waals surface area contributed by atoms with Gasteiger partial charge in [0, 0.05) is 37.3 Å². The second-order valence-electron chi connectivity index (χ2n) is 7.80. The number of benzene rings is 1. The number of fused-ring (bicyclic) bond motifs is 1. The van der Waals surface area contributed by atoms with E-state index in [-0.39, 0.29) is 30.6 Å². The molecule has 2 aliphatic rings. The van der Waals surface area contributed by atoms with Crippen LogP contribution in [0.5, 0.6) is 0 Å². The van der Waals surface area contributed by atoms with Gasteiger partial charge < -0.3 is 14.6 Å². The molecule has 8 heteroatoms. The van der Waals surface area contributed by atoms with Crippen molar-refractivity contribution >= 4 is 12.0 Å². The van der Waals surface area contributed by atoms with E-state index in [4.69, 9.17) is 4.74 Å². The Morgan fingerprint density at radius 3 is 2.69 bits per heavy atom. The number of aromatic nitrogens is 2.